The van der Waals surface area contributed by atoms with Gasteiger partial charge in [-0.05, 0) is 33.6 Å². The van der Waals surface area contributed by atoms with Crippen molar-refractivity contribution >= 4 is 17.8 Å². The summed E-state index contributed by atoms with van der Waals surface area (Å²) in [5.41, 5.74) is 0.0445. The normalized spacial score (nSPS) is 23.5. The summed E-state index contributed by atoms with van der Waals surface area (Å²) in [6.07, 6.45) is 3.63. The first-order valence-corrected chi connectivity index (χ1v) is 8.21. The van der Waals surface area contributed by atoms with E-state index in [1.807, 2.05) is 6.92 Å². The minimum atomic E-state index is -0.951. The number of nitrogens with one attached hydrogen (secondary N) is 2. The largest absolute Gasteiger partial charge is 0.346 e. The molecule has 24 heavy (non-hydrogen) atoms. The maximum atomic E-state index is 12.6. The number of carbonyl (C=O) groups excluding carboxylic acids is 3. The Balaban J connectivity index is 1.65. The van der Waals surface area contributed by atoms with Crippen LogP contribution >= 0.6 is 0 Å². The van der Waals surface area contributed by atoms with Crippen LogP contribution in [0.5, 0.6) is 0 Å². The Morgan fingerprint density at radius 3 is 2.75 bits per heavy atom. The van der Waals surface area contributed by atoms with Gasteiger partial charge in [0.2, 0.25) is 5.91 Å². The number of amides is 4. The summed E-state index contributed by atoms with van der Waals surface area (Å²) in [5.74, 6) is 0.484. The summed E-state index contributed by atoms with van der Waals surface area (Å²) >= 11 is 0. The second kappa shape index (κ2) is 5.92. The van der Waals surface area contributed by atoms with Crippen LogP contribution < -0.4 is 5.32 Å². The van der Waals surface area contributed by atoms with Gasteiger partial charge in [0.25, 0.3) is 5.91 Å². The Hall–Kier alpha value is -2.38. The fourth-order valence-corrected chi connectivity index (χ4v) is 3.26. The molecule has 1 atom stereocenters. The SMILES string of the molecule is Cc1cnc([C@@H]2CCCN(C(=O)CN3C(=O)NC(C)(C)C3=O)C2)[nH]1. The van der Waals surface area contributed by atoms with Crippen LogP contribution in [-0.2, 0) is 9.59 Å². The predicted octanol–water partition coefficient (Wildman–Crippen LogP) is 0.755. The van der Waals surface area contributed by atoms with E-state index < -0.39 is 11.6 Å². The summed E-state index contributed by atoms with van der Waals surface area (Å²) in [5, 5.41) is 2.59. The molecule has 0 aromatic carbocycles. The van der Waals surface area contributed by atoms with Crippen molar-refractivity contribution in [3.8, 4) is 0 Å². The molecule has 130 valence electrons. The zero-order chi connectivity index (χ0) is 17.5. The first kappa shape index (κ1) is 16.5. The molecule has 0 saturated carbocycles. The lowest BCUT2D eigenvalue weighted by Gasteiger charge is -2.32. The van der Waals surface area contributed by atoms with E-state index in [-0.39, 0.29) is 24.3 Å². The van der Waals surface area contributed by atoms with Crippen molar-refractivity contribution in [2.45, 2.75) is 45.1 Å². The number of nitrogens with zero attached hydrogens (tertiary/aromatic N) is 3. The van der Waals surface area contributed by atoms with E-state index in [0.29, 0.717) is 13.1 Å². The second-order valence-corrected chi connectivity index (χ2v) is 7.08. The Labute approximate surface area is 140 Å². The van der Waals surface area contributed by atoms with E-state index in [0.717, 1.165) is 29.3 Å². The van der Waals surface area contributed by atoms with Gasteiger partial charge in [0, 0.05) is 30.9 Å². The summed E-state index contributed by atoms with van der Waals surface area (Å²) in [7, 11) is 0. The minimum absolute atomic E-state index is 0.163. The third-order valence-corrected chi connectivity index (χ3v) is 4.62. The molecule has 3 rings (SSSR count). The Kier molecular flexibility index (Phi) is 4.06. The summed E-state index contributed by atoms with van der Waals surface area (Å²) in [4.78, 5) is 47.0. The molecular weight excluding hydrogens is 310 g/mol. The third-order valence-electron chi connectivity index (χ3n) is 4.62. The van der Waals surface area contributed by atoms with Gasteiger partial charge < -0.3 is 15.2 Å². The predicted molar refractivity (Wildman–Crippen MR) is 86.2 cm³/mol. The molecule has 3 heterocycles. The summed E-state index contributed by atoms with van der Waals surface area (Å²) in [6.45, 7) is 6.20. The number of piperidine rings is 1. The van der Waals surface area contributed by atoms with Crippen molar-refractivity contribution in [3.05, 3.63) is 17.7 Å². The molecule has 2 aliphatic rings. The van der Waals surface area contributed by atoms with Crippen LogP contribution in [0.15, 0.2) is 6.20 Å². The average molecular weight is 333 g/mol. The van der Waals surface area contributed by atoms with Gasteiger partial charge >= 0.3 is 6.03 Å². The molecule has 1 aromatic heterocycles. The molecule has 8 heteroatoms. The number of hydrogen-bond donors (Lipinski definition) is 2. The first-order valence-electron chi connectivity index (χ1n) is 8.21. The van der Waals surface area contributed by atoms with Crippen LogP contribution in [0.3, 0.4) is 0 Å². The lowest BCUT2D eigenvalue weighted by Crippen LogP contribution is -2.47. The van der Waals surface area contributed by atoms with E-state index >= 15 is 0 Å². The quantitative estimate of drug-likeness (QED) is 0.798. The number of imidazole rings is 1. The zero-order valence-corrected chi connectivity index (χ0v) is 14.3. The third kappa shape index (κ3) is 3.00. The maximum Gasteiger partial charge on any atom is 0.325 e. The lowest BCUT2D eigenvalue weighted by atomic mass is 9.97. The molecule has 2 saturated heterocycles. The van der Waals surface area contributed by atoms with E-state index in [1.54, 1.807) is 24.9 Å². The monoisotopic (exact) mass is 333 g/mol. The molecule has 1 aromatic rings. The molecule has 2 aliphatic heterocycles. The van der Waals surface area contributed by atoms with Crippen LogP contribution in [0.2, 0.25) is 0 Å². The van der Waals surface area contributed by atoms with Crippen molar-refractivity contribution in [1.29, 1.82) is 0 Å². The molecule has 2 N–H and O–H groups in total. The van der Waals surface area contributed by atoms with Gasteiger partial charge in [-0.1, -0.05) is 0 Å². The first-order chi connectivity index (χ1) is 11.3. The lowest BCUT2D eigenvalue weighted by molar-refractivity contribution is -0.139. The number of carbonyl (C=O) groups is 3. The summed E-state index contributed by atoms with van der Waals surface area (Å²) < 4.78 is 0. The van der Waals surface area contributed by atoms with Crippen molar-refractivity contribution in [3.63, 3.8) is 0 Å². The highest BCUT2D eigenvalue weighted by molar-refractivity contribution is 6.08. The standard InChI is InChI=1S/C16H23N5O3/c1-10-7-17-13(18-10)11-5-4-6-20(8-11)12(22)9-21-14(23)16(2,3)19-15(21)24/h7,11H,4-6,8-9H2,1-3H3,(H,17,18)(H,19,24)/t11-/m1/s1. The number of hydrogen-bond acceptors (Lipinski definition) is 4. The van der Waals surface area contributed by atoms with Gasteiger partial charge in [-0.2, -0.15) is 0 Å². The van der Waals surface area contributed by atoms with Gasteiger partial charge in [-0.15, -0.1) is 0 Å². The van der Waals surface area contributed by atoms with Crippen molar-refractivity contribution in [2.24, 2.45) is 0 Å². The van der Waals surface area contributed by atoms with Gasteiger partial charge in [-0.25, -0.2) is 9.78 Å². The Morgan fingerprint density at radius 2 is 2.17 bits per heavy atom. The number of likely N-dealkylation sites (tertiary alicyclic amines) is 1. The van der Waals surface area contributed by atoms with E-state index in [1.165, 1.54) is 0 Å². The molecule has 8 nitrogen and oxygen atoms in total. The van der Waals surface area contributed by atoms with Gasteiger partial charge in [0.1, 0.15) is 17.9 Å². The number of aryl methyl sites for hydroxylation is 1. The molecule has 0 radical (unpaired) electrons. The van der Waals surface area contributed by atoms with Crippen molar-refractivity contribution in [2.75, 3.05) is 19.6 Å². The number of rotatable bonds is 3. The molecule has 2 fully saturated rings. The van der Waals surface area contributed by atoms with E-state index in [9.17, 15) is 14.4 Å². The van der Waals surface area contributed by atoms with Crippen molar-refractivity contribution in [1.82, 2.24) is 25.1 Å². The number of imide groups is 1. The zero-order valence-electron chi connectivity index (χ0n) is 14.3. The summed E-state index contributed by atoms with van der Waals surface area (Å²) in [6, 6.07) is -0.506. The number of urea groups is 1. The fourth-order valence-electron chi connectivity index (χ4n) is 3.26. The molecular formula is C16H23N5O3. The minimum Gasteiger partial charge on any atom is -0.346 e. The fraction of sp³-hybridized carbons (Fsp3) is 0.625. The Bertz CT molecular complexity index is 681. The van der Waals surface area contributed by atoms with E-state index in [4.69, 9.17) is 0 Å². The molecule has 4 amide bonds. The van der Waals surface area contributed by atoms with Crippen LogP contribution in [-0.4, -0.2) is 62.8 Å². The van der Waals surface area contributed by atoms with Gasteiger partial charge in [0.15, 0.2) is 0 Å². The molecule has 0 bridgehead atoms. The van der Waals surface area contributed by atoms with Crippen LogP contribution in [0.4, 0.5) is 4.79 Å². The highest BCUT2D eigenvalue weighted by atomic mass is 16.2. The van der Waals surface area contributed by atoms with Crippen LogP contribution in [0.1, 0.15) is 44.1 Å². The maximum absolute atomic E-state index is 12.6. The highest BCUT2D eigenvalue weighted by Gasteiger charge is 2.45. The average Bonchev–Trinajstić information content (AvgIpc) is 3.04. The molecule has 0 aliphatic carbocycles. The van der Waals surface area contributed by atoms with Crippen LogP contribution in [0, 0.1) is 6.92 Å². The number of aromatic amines is 1. The van der Waals surface area contributed by atoms with Crippen molar-refractivity contribution < 1.29 is 14.4 Å². The van der Waals surface area contributed by atoms with Gasteiger partial charge in [-0.3, -0.25) is 14.5 Å². The molecule has 0 spiro atoms. The number of aromatic nitrogens is 2. The van der Waals surface area contributed by atoms with Crippen LogP contribution in [0.25, 0.3) is 0 Å². The second-order valence-electron chi connectivity index (χ2n) is 7.08. The highest BCUT2D eigenvalue weighted by Crippen LogP contribution is 2.25. The molecule has 0 unspecified atom stereocenters. The van der Waals surface area contributed by atoms with Gasteiger partial charge in [0.05, 0.1) is 0 Å². The number of H-pyrrole nitrogens is 1. The van der Waals surface area contributed by atoms with E-state index in [2.05, 4.69) is 15.3 Å². The Morgan fingerprint density at radius 1 is 1.42 bits per heavy atom. The smallest absolute Gasteiger partial charge is 0.325 e. The topological polar surface area (TPSA) is 98.4 Å².